The van der Waals surface area contributed by atoms with Crippen molar-refractivity contribution >= 4 is 5.82 Å². The first-order valence-corrected chi connectivity index (χ1v) is 8.12. The summed E-state index contributed by atoms with van der Waals surface area (Å²) in [7, 11) is 1.93. The molecule has 0 atom stereocenters. The lowest BCUT2D eigenvalue weighted by atomic mass is 10.2. The third kappa shape index (κ3) is 3.45. The molecule has 3 heterocycles. The minimum atomic E-state index is 0.236. The van der Waals surface area contributed by atoms with E-state index in [-0.39, 0.29) is 5.92 Å². The number of rotatable bonds is 6. The van der Waals surface area contributed by atoms with E-state index in [9.17, 15) is 0 Å². The summed E-state index contributed by atoms with van der Waals surface area (Å²) in [5, 5.41) is 11.8. The summed E-state index contributed by atoms with van der Waals surface area (Å²) in [6, 6.07) is 3.78. The molecule has 0 fully saturated rings. The lowest BCUT2D eigenvalue weighted by Crippen LogP contribution is -2.02. The van der Waals surface area contributed by atoms with Gasteiger partial charge in [0, 0.05) is 43.0 Å². The second-order valence-corrected chi connectivity index (χ2v) is 6.02. The molecule has 3 rings (SSSR count). The van der Waals surface area contributed by atoms with Crippen molar-refractivity contribution in [2.45, 2.75) is 39.7 Å². The van der Waals surface area contributed by atoms with E-state index in [4.69, 9.17) is 4.52 Å². The van der Waals surface area contributed by atoms with E-state index in [1.165, 1.54) is 5.56 Å². The smallest absolute Gasteiger partial charge is 0.258 e. The summed E-state index contributed by atoms with van der Waals surface area (Å²) in [6.45, 7) is 6.85. The first-order chi connectivity index (χ1) is 11.6. The van der Waals surface area contributed by atoms with Gasteiger partial charge in [0.15, 0.2) is 5.82 Å². The van der Waals surface area contributed by atoms with E-state index in [2.05, 4.69) is 32.5 Å². The Morgan fingerprint density at radius 2 is 2.17 bits per heavy atom. The fourth-order valence-electron chi connectivity index (χ4n) is 2.46. The SMILES string of the molecule is CCc1nn(C)cc1CNc1cc(-c2nc(C(C)C)no2)ccn1. The molecular formula is C17H22N6O. The summed E-state index contributed by atoms with van der Waals surface area (Å²) >= 11 is 0. The molecular weight excluding hydrogens is 304 g/mol. The van der Waals surface area contributed by atoms with E-state index in [0.29, 0.717) is 18.3 Å². The molecule has 0 saturated carbocycles. The minimum Gasteiger partial charge on any atom is -0.366 e. The largest absolute Gasteiger partial charge is 0.366 e. The molecule has 0 bridgehead atoms. The van der Waals surface area contributed by atoms with Gasteiger partial charge in [-0.25, -0.2) is 4.98 Å². The van der Waals surface area contributed by atoms with Gasteiger partial charge in [0.05, 0.1) is 5.69 Å². The fraction of sp³-hybridized carbons (Fsp3) is 0.412. The van der Waals surface area contributed by atoms with Crippen LogP contribution in [0, 0.1) is 0 Å². The van der Waals surface area contributed by atoms with Crippen LogP contribution < -0.4 is 5.32 Å². The van der Waals surface area contributed by atoms with Gasteiger partial charge in [0.2, 0.25) is 0 Å². The minimum absolute atomic E-state index is 0.236. The Morgan fingerprint density at radius 3 is 2.88 bits per heavy atom. The molecule has 0 aliphatic rings. The van der Waals surface area contributed by atoms with Gasteiger partial charge in [0.1, 0.15) is 5.82 Å². The third-order valence-electron chi connectivity index (χ3n) is 3.75. The average molecular weight is 326 g/mol. The van der Waals surface area contributed by atoms with Gasteiger partial charge in [-0.3, -0.25) is 4.68 Å². The Kier molecular flexibility index (Phi) is 4.59. The number of hydrogen-bond acceptors (Lipinski definition) is 6. The molecule has 24 heavy (non-hydrogen) atoms. The maximum atomic E-state index is 5.34. The first kappa shape index (κ1) is 16.2. The van der Waals surface area contributed by atoms with Crippen LogP contribution in [0.3, 0.4) is 0 Å². The third-order valence-corrected chi connectivity index (χ3v) is 3.75. The predicted octanol–water partition coefficient (Wildman–Crippen LogP) is 3.16. The molecule has 0 amide bonds. The van der Waals surface area contributed by atoms with Crippen LogP contribution in [-0.2, 0) is 20.0 Å². The Labute approximate surface area is 141 Å². The molecule has 0 spiro atoms. The van der Waals surface area contributed by atoms with Crippen LogP contribution in [0.5, 0.6) is 0 Å². The fourth-order valence-corrected chi connectivity index (χ4v) is 2.46. The number of aryl methyl sites for hydroxylation is 2. The molecule has 0 radical (unpaired) electrons. The van der Waals surface area contributed by atoms with E-state index in [0.717, 1.165) is 23.5 Å². The van der Waals surface area contributed by atoms with Crippen molar-refractivity contribution in [3.63, 3.8) is 0 Å². The standard InChI is InChI=1S/C17H22N6O/c1-5-14-13(10-23(4)21-14)9-19-15-8-12(6-7-18-15)17-20-16(11(2)3)22-24-17/h6-8,10-11H,5,9H2,1-4H3,(H,18,19). The topological polar surface area (TPSA) is 81.7 Å². The molecule has 7 nitrogen and oxygen atoms in total. The summed E-state index contributed by atoms with van der Waals surface area (Å²) in [4.78, 5) is 8.78. The van der Waals surface area contributed by atoms with Gasteiger partial charge >= 0.3 is 0 Å². The van der Waals surface area contributed by atoms with Gasteiger partial charge < -0.3 is 9.84 Å². The van der Waals surface area contributed by atoms with Crippen LogP contribution in [-0.4, -0.2) is 24.9 Å². The summed E-state index contributed by atoms with van der Waals surface area (Å²) < 4.78 is 7.18. The van der Waals surface area contributed by atoms with Gasteiger partial charge in [-0.15, -0.1) is 0 Å². The molecule has 3 aromatic heterocycles. The van der Waals surface area contributed by atoms with E-state index in [1.54, 1.807) is 6.20 Å². The van der Waals surface area contributed by atoms with Gasteiger partial charge in [-0.2, -0.15) is 10.1 Å². The molecule has 0 aliphatic heterocycles. The summed E-state index contributed by atoms with van der Waals surface area (Å²) in [5.41, 5.74) is 3.13. The van der Waals surface area contributed by atoms with Crippen molar-refractivity contribution in [3.8, 4) is 11.5 Å². The number of hydrogen-bond donors (Lipinski definition) is 1. The van der Waals surface area contributed by atoms with E-state index >= 15 is 0 Å². The lowest BCUT2D eigenvalue weighted by molar-refractivity contribution is 0.419. The summed E-state index contributed by atoms with van der Waals surface area (Å²) in [5.74, 6) is 2.22. The van der Waals surface area contributed by atoms with Crippen molar-refractivity contribution < 1.29 is 4.52 Å². The number of pyridine rings is 1. The highest BCUT2D eigenvalue weighted by Gasteiger charge is 2.12. The monoisotopic (exact) mass is 326 g/mol. The van der Waals surface area contributed by atoms with Crippen LogP contribution in [0.4, 0.5) is 5.82 Å². The maximum absolute atomic E-state index is 5.34. The molecule has 0 saturated heterocycles. The highest BCUT2D eigenvalue weighted by Crippen LogP contribution is 2.22. The second-order valence-electron chi connectivity index (χ2n) is 6.02. The van der Waals surface area contributed by atoms with Crippen molar-refractivity contribution in [2.24, 2.45) is 7.05 Å². The predicted molar refractivity (Wildman–Crippen MR) is 91.5 cm³/mol. The van der Waals surface area contributed by atoms with Crippen molar-refractivity contribution in [3.05, 3.63) is 41.6 Å². The van der Waals surface area contributed by atoms with Crippen molar-refractivity contribution in [2.75, 3.05) is 5.32 Å². The van der Waals surface area contributed by atoms with Crippen LogP contribution in [0.1, 0.15) is 43.8 Å². The van der Waals surface area contributed by atoms with E-state index in [1.807, 2.05) is 43.9 Å². The Bertz CT molecular complexity index is 820. The Hall–Kier alpha value is -2.70. The molecule has 3 aromatic rings. The Balaban J connectivity index is 1.75. The van der Waals surface area contributed by atoms with Crippen LogP contribution in [0.25, 0.3) is 11.5 Å². The van der Waals surface area contributed by atoms with Crippen molar-refractivity contribution in [1.29, 1.82) is 0 Å². The number of nitrogens with one attached hydrogen (secondary N) is 1. The lowest BCUT2D eigenvalue weighted by Gasteiger charge is -2.06. The number of aromatic nitrogens is 5. The van der Waals surface area contributed by atoms with Gasteiger partial charge in [-0.05, 0) is 18.6 Å². The Morgan fingerprint density at radius 1 is 1.33 bits per heavy atom. The maximum Gasteiger partial charge on any atom is 0.258 e. The van der Waals surface area contributed by atoms with E-state index < -0.39 is 0 Å². The number of nitrogens with zero attached hydrogens (tertiary/aromatic N) is 5. The molecule has 7 heteroatoms. The summed E-state index contributed by atoms with van der Waals surface area (Å²) in [6.07, 6.45) is 4.68. The van der Waals surface area contributed by atoms with Crippen LogP contribution >= 0.6 is 0 Å². The molecule has 0 aliphatic carbocycles. The van der Waals surface area contributed by atoms with Crippen LogP contribution in [0.2, 0.25) is 0 Å². The highest BCUT2D eigenvalue weighted by molar-refractivity contribution is 5.58. The normalized spacial score (nSPS) is 11.2. The second kappa shape index (κ2) is 6.82. The zero-order valence-electron chi connectivity index (χ0n) is 14.4. The zero-order chi connectivity index (χ0) is 17.1. The zero-order valence-corrected chi connectivity index (χ0v) is 14.4. The first-order valence-electron chi connectivity index (χ1n) is 8.12. The molecule has 0 unspecified atom stereocenters. The average Bonchev–Trinajstić information content (AvgIpc) is 3.19. The highest BCUT2D eigenvalue weighted by atomic mass is 16.5. The number of anilines is 1. The molecule has 1 N–H and O–H groups in total. The molecule has 126 valence electrons. The van der Waals surface area contributed by atoms with Crippen molar-refractivity contribution in [1.82, 2.24) is 24.9 Å². The molecule has 0 aromatic carbocycles. The van der Waals surface area contributed by atoms with Gasteiger partial charge in [0.25, 0.3) is 5.89 Å². The van der Waals surface area contributed by atoms with Crippen LogP contribution in [0.15, 0.2) is 29.0 Å². The quantitative estimate of drug-likeness (QED) is 0.749. The van der Waals surface area contributed by atoms with Gasteiger partial charge in [-0.1, -0.05) is 25.9 Å².